The molecule has 0 aliphatic heterocycles. The molecular formula is C11H24N4O2. The molecule has 0 aromatic carbocycles. The summed E-state index contributed by atoms with van der Waals surface area (Å²) in [6.45, 7) is 3.31. The number of nitrogens with one attached hydrogen (secondary N) is 2. The SMILES string of the molecule is CNC(=O)NC(=O)C(C)N(C)CCCCCN. The monoisotopic (exact) mass is 244 g/mol. The van der Waals surface area contributed by atoms with Gasteiger partial charge in [0.1, 0.15) is 0 Å². The molecule has 0 radical (unpaired) electrons. The van der Waals surface area contributed by atoms with Crippen LogP contribution in [0.4, 0.5) is 4.79 Å². The average Bonchev–Trinajstić information content (AvgIpc) is 2.33. The number of amides is 3. The Morgan fingerprint density at radius 2 is 1.94 bits per heavy atom. The van der Waals surface area contributed by atoms with Crippen molar-refractivity contribution in [3.8, 4) is 0 Å². The molecule has 0 saturated heterocycles. The van der Waals surface area contributed by atoms with Crippen LogP contribution in [0.15, 0.2) is 0 Å². The molecule has 100 valence electrons. The Labute approximate surface area is 103 Å². The van der Waals surface area contributed by atoms with Gasteiger partial charge < -0.3 is 11.1 Å². The van der Waals surface area contributed by atoms with Crippen molar-refractivity contribution >= 4 is 11.9 Å². The number of nitrogens with two attached hydrogens (primary N) is 1. The molecule has 0 bridgehead atoms. The Morgan fingerprint density at radius 1 is 1.29 bits per heavy atom. The van der Waals surface area contributed by atoms with Crippen LogP contribution in [0.3, 0.4) is 0 Å². The van der Waals surface area contributed by atoms with Crippen LogP contribution in [0, 0.1) is 0 Å². The number of nitrogens with zero attached hydrogens (tertiary/aromatic N) is 1. The van der Waals surface area contributed by atoms with Crippen LogP contribution in [0.2, 0.25) is 0 Å². The summed E-state index contributed by atoms with van der Waals surface area (Å²) >= 11 is 0. The fourth-order valence-electron chi connectivity index (χ4n) is 1.35. The highest BCUT2D eigenvalue weighted by molar-refractivity contribution is 5.96. The van der Waals surface area contributed by atoms with E-state index < -0.39 is 6.03 Å². The van der Waals surface area contributed by atoms with E-state index in [1.165, 1.54) is 7.05 Å². The van der Waals surface area contributed by atoms with Crippen molar-refractivity contribution in [2.45, 2.75) is 32.2 Å². The second kappa shape index (κ2) is 8.95. The summed E-state index contributed by atoms with van der Waals surface area (Å²) in [6, 6.07) is -0.788. The first-order valence-corrected chi connectivity index (χ1v) is 5.95. The fourth-order valence-corrected chi connectivity index (χ4v) is 1.35. The number of unbranched alkanes of at least 4 members (excludes halogenated alkanes) is 2. The van der Waals surface area contributed by atoms with Gasteiger partial charge in [0.25, 0.3) is 0 Å². The smallest absolute Gasteiger partial charge is 0.321 e. The van der Waals surface area contributed by atoms with E-state index in [1.807, 2.05) is 11.9 Å². The average molecular weight is 244 g/mol. The van der Waals surface area contributed by atoms with Gasteiger partial charge in [-0.2, -0.15) is 0 Å². The van der Waals surface area contributed by atoms with Gasteiger partial charge in [-0.25, -0.2) is 4.79 Å². The Kier molecular flexibility index (Phi) is 8.35. The van der Waals surface area contributed by atoms with Crippen LogP contribution in [-0.4, -0.2) is 50.1 Å². The number of rotatable bonds is 7. The van der Waals surface area contributed by atoms with E-state index in [0.29, 0.717) is 6.54 Å². The van der Waals surface area contributed by atoms with Gasteiger partial charge in [0.05, 0.1) is 6.04 Å². The maximum Gasteiger partial charge on any atom is 0.321 e. The number of urea groups is 1. The second-order valence-corrected chi connectivity index (χ2v) is 4.07. The van der Waals surface area contributed by atoms with Gasteiger partial charge in [-0.3, -0.25) is 15.0 Å². The molecule has 0 aliphatic rings. The lowest BCUT2D eigenvalue weighted by molar-refractivity contribution is -0.124. The molecular weight excluding hydrogens is 220 g/mol. The molecule has 0 rings (SSSR count). The first-order chi connectivity index (χ1) is 8.02. The molecule has 0 spiro atoms. The van der Waals surface area contributed by atoms with Crippen LogP contribution in [-0.2, 0) is 4.79 Å². The molecule has 3 amide bonds. The van der Waals surface area contributed by atoms with Crippen molar-refractivity contribution in [2.75, 3.05) is 27.2 Å². The third-order valence-electron chi connectivity index (χ3n) is 2.72. The lowest BCUT2D eigenvalue weighted by Crippen LogP contribution is -2.48. The highest BCUT2D eigenvalue weighted by Crippen LogP contribution is 2.01. The minimum Gasteiger partial charge on any atom is -0.341 e. The second-order valence-electron chi connectivity index (χ2n) is 4.07. The van der Waals surface area contributed by atoms with Crippen molar-refractivity contribution in [2.24, 2.45) is 5.73 Å². The van der Waals surface area contributed by atoms with Gasteiger partial charge in [0.15, 0.2) is 0 Å². The standard InChI is InChI=1S/C11H24N4O2/c1-9(10(16)14-11(17)13-2)15(3)8-6-4-5-7-12/h9H,4-8,12H2,1-3H3,(H2,13,14,16,17). The predicted octanol–water partition coefficient (Wildman–Crippen LogP) is -0.109. The first-order valence-electron chi connectivity index (χ1n) is 5.95. The highest BCUT2D eigenvalue weighted by atomic mass is 16.2. The Balaban J connectivity index is 3.90. The molecule has 0 aliphatic carbocycles. The van der Waals surface area contributed by atoms with Gasteiger partial charge in [-0.1, -0.05) is 6.42 Å². The molecule has 17 heavy (non-hydrogen) atoms. The van der Waals surface area contributed by atoms with Gasteiger partial charge in [0, 0.05) is 7.05 Å². The van der Waals surface area contributed by atoms with E-state index in [2.05, 4.69) is 10.6 Å². The molecule has 0 heterocycles. The van der Waals surface area contributed by atoms with Gasteiger partial charge in [0.2, 0.25) is 5.91 Å². The number of likely N-dealkylation sites (N-methyl/N-ethyl adjacent to an activating group) is 1. The summed E-state index contributed by atoms with van der Waals surface area (Å²) < 4.78 is 0. The molecule has 0 saturated carbocycles. The maximum absolute atomic E-state index is 11.6. The van der Waals surface area contributed by atoms with Gasteiger partial charge in [-0.15, -0.1) is 0 Å². The van der Waals surface area contributed by atoms with E-state index >= 15 is 0 Å². The minimum atomic E-state index is -0.474. The number of imide groups is 1. The van der Waals surface area contributed by atoms with Crippen LogP contribution < -0.4 is 16.4 Å². The highest BCUT2D eigenvalue weighted by Gasteiger charge is 2.18. The van der Waals surface area contributed by atoms with Gasteiger partial charge >= 0.3 is 6.03 Å². The van der Waals surface area contributed by atoms with Crippen molar-refractivity contribution < 1.29 is 9.59 Å². The normalized spacial score (nSPS) is 12.3. The molecule has 6 heteroatoms. The van der Waals surface area contributed by atoms with E-state index in [0.717, 1.165) is 25.8 Å². The Hall–Kier alpha value is -1.14. The molecule has 0 fully saturated rings. The summed E-state index contributed by atoms with van der Waals surface area (Å²) in [7, 11) is 3.35. The summed E-state index contributed by atoms with van der Waals surface area (Å²) in [5.74, 6) is -0.286. The number of hydrogen-bond acceptors (Lipinski definition) is 4. The van der Waals surface area contributed by atoms with Crippen molar-refractivity contribution in [3.63, 3.8) is 0 Å². The minimum absolute atomic E-state index is 0.286. The molecule has 0 aromatic heterocycles. The topological polar surface area (TPSA) is 87.5 Å². The largest absolute Gasteiger partial charge is 0.341 e. The van der Waals surface area contributed by atoms with Crippen LogP contribution in [0.1, 0.15) is 26.2 Å². The van der Waals surface area contributed by atoms with Crippen molar-refractivity contribution in [1.29, 1.82) is 0 Å². The molecule has 1 atom stereocenters. The Morgan fingerprint density at radius 3 is 2.47 bits per heavy atom. The lowest BCUT2D eigenvalue weighted by Gasteiger charge is -2.23. The molecule has 6 nitrogen and oxygen atoms in total. The van der Waals surface area contributed by atoms with Crippen LogP contribution in [0.25, 0.3) is 0 Å². The summed E-state index contributed by atoms with van der Waals surface area (Å²) in [5, 5.41) is 4.61. The number of hydrogen-bond donors (Lipinski definition) is 3. The maximum atomic E-state index is 11.6. The third kappa shape index (κ3) is 6.91. The quantitative estimate of drug-likeness (QED) is 0.545. The van der Waals surface area contributed by atoms with Crippen LogP contribution in [0.5, 0.6) is 0 Å². The lowest BCUT2D eigenvalue weighted by atomic mass is 10.2. The zero-order chi connectivity index (χ0) is 13.3. The van der Waals surface area contributed by atoms with Crippen LogP contribution >= 0.6 is 0 Å². The first kappa shape index (κ1) is 15.9. The van der Waals surface area contributed by atoms with E-state index in [-0.39, 0.29) is 11.9 Å². The Bertz CT molecular complexity index is 246. The summed E-state index contributed by atoms with van der Waals surface area (Å²) in [4.78, 5) is 24.5. The van der Waals surface area contributed by atoms with E-state index in [4.69, 9.17) is 5.73 Å². The summed E-state index contributed by atoms with van der Waals surface area (Å²) in [6.07, 6.45) is 3.07. The molecule has 1 unspecified atom stereocenters. The zero-order valence-corrected chi connectivity index (χ0v) is 11.0. The number of carbonyl (C=O) groups excluding carboxylic acids is 2. The molecule has 0 aromatic rings. The predicted molar refractivity (Wildman–Crippen MR) is 67.6 cm³/mol. The zero-order valence-electron chi connectivity index (χ0n) is 11.0. The van der Waals surface area contributed by atoms with Crippen molar-refractivity contribution in [3.05, 3.63) is 0 Å². The third-order valence-corrected chi connectivity index (χ3v) is 2.72. The van der Waals surface area contributed by atoms with E-state index in [9.17, 15) is 9.59 Å². The van der Waals surface area contributed by atoms with Crippen molar-refractivity contribution in [1.82, 2.24) is 15.5 Å². The van der Waals surface area contributed by atoms with Gasteiger partial charge in [-0.05, 0) is 39.9 Å². The summed E-state index contributed by atoms with van der Waals surface area (Å²) in [5.41, 5.74) is 5.40. The number of carbonyl (C=O) groups is 2. The van der Waals surface area contributed by atoms with E-state index in [1.54, 1.807) is 6.92 Å². The fraction of sp³-hybridized carbons (Fsp3) is 0.818. The molecule has 4 N–H and O–H groups in total.